The van der Waals surface area contributed by atoms with Gasteiger partial charge in [0.2, 0.25) is 11.8 Å². The van der Waals surface area contributed by atoms with Crippen LogP contribution in [0.2, 0.25) is 0 Å². The van der Waals surface area contributed by atoms with Crippen LogP contribution < -0.4 is 5.32 Å². The number of benzene rings is 1. The van der Waals surface area contributed by atoms with Crippen LogP contribution in [-0.2, 0) is 9.59 Å². The van der Waals surface area contributed by atoms with E-state index in [2.05, 4.69) is 15.3 Å². The van der Waals surface area contributed by atoms with Gasteiger partial charge in [-0.25, -0.2) is 4.79 Å². The van der Waals surface area contributed by atoms with Crippen LogP contribution in [0.15, 0.2) is 59.8 Å². The van der Waals surface area contributed by atoms with E-state index >= 15 is 0 Å². The Labute approximate surface area is 168 Å². The van der Waals surface area contributed by atoms with Crippen molar-refractivity contribution in [1.29, 1.82) is 0 Å². The van der Waals surface area contributed by atoms with Gasteiger partial charge in [-0.05, 0) is 42.5 Å². The summed E-state index contributed by atoms with van der Waals surface area (Å²) in [6, 6.07) is 7.22. The summed E-state index contributed by atoms with van der Waals surface area (Å²) >= 11 is 0. The second-order valence-corrected chi connectivity index (χ2v) is 7.17. The van der Waals surface area contributed by atoms with Gasteiger partial charge in [0.25, 0.3) is 0 Å². The molecule has 2 aliphatic rings. The number of aliphatic imine (C=N–C) groups is 1. The maximum absolute atomic E-state index is 12.5. The standard InChI is InChI=1S/C22H22N4O3/c27-20(24-16-10-9-15-11-12-23-19(15)14-16)8-2-1-5-13-26-21(28)17-6-3-4-7-18(17)25-22(26)29/h3-4,6-7,9-12,14,17,23H,1-2,5,8,13H2,(H,24,27). The number of allylic oxidation sites excluding steroid dienone is 3. The predicted octanol–water partition coefficient (Wildman–Crippen LogP) is 3.81. The number of unbranched alkanes of at least 4 members (excludes halogenated alkanes) is 2. The first-order valence-corrected chi connectivity index (χ1v) is 9.77. The summed E-state index contributed by atoms with van der Waals surface area (Å²) < 4.78 is 0. The summed E-state index contributed by atoms with van der Waals surface area (Å²) in [5, 5.41) is 4.00. The van der Waals surface area contributed by atoms with Gasteiger partial charge in [-0.1, -0.05) is 30.7 Å². The van der Waals surface area contributed by atoms with Crippen molar-refractivity contribution < 1.29 is 14.4 Å². The van der Waals surface area contributed by atoms with Crippen molar-refractivity contribution in [3.05, 3.63) is 54.8 Å². The number of nitrogens with one attached hydrogen (secondary N) is 2. The number of amides is 4. The highest BCUT2D eigenvalue weighted by Crippen LogP contribution is 2.21. The maximum Gasteiger partial charge on any atom is 0.350 e. The molecule has 148 valence electrons. The molecule has 0 spiro atoms. The first-order valence-electron chi connectivity index (χ1n) is 9.77. The summed E-state index contributed by atoms with van der Waals surface area (Å²) in [6.45, 7) is 0.327. The number of hydrogen-bond acceptors (Lipinski definition) is 3. The van der Waals surface area contributed by atoms with Gasteiger partial charge in [0.1, 0.15) is 0 Å². The first kappa shape index (κ1) is 18.9. The number of H-pyrrole nitrogens is 1. The molecule has 7 heteroatoms. The molecule has 0 radical (unpaired) electrons. The number of imide groups is 1. The highest BCUT2D eigenvalue weighted by molar-refractivity contribution is 6.21. The van der Waals surface area contributed by atoms with Gasteiger partial charge in [0, 0.05) is 30.4 Å². The summed E-state index contributed by atoms with van der Waals surface area (Å²) in [6.07, 6.45) is 11.4. The van der Waals surface area contributed by atoms with E-state index in [-0.39, 0.29) is 11.8 Å². The number of anilines is 1. The minimum Gasteiger partial charge on any atom is -0.361 e. The van der Waals surface area contributed by atoms with Crippen molar-refractivity contribution in [1.82, 2.24) is 9.88 Å². The minimum atomic E-state index is -0.501. The van der Waals surface area contributed by atoms with E-state index < -0.39 is 11.9 Å². The number of urea groups is 1. The fourth-order valence-corrected chi connectivity index (χ4v) is 3.57. The van der Waals surface area contributed by atoms with Crippen LogP contribution >= 0.6 is 0 Å². The molecule has 2 heterocycles. The molecule has 0 saturated heterocycles. The average molecular weight is 390 g/mol. The third kappa shape index (κ3) is 4.18. The molecule has 1 aliphatic carbocycles. The average Bonchev–Trinajstić information content (AvgIpc) is 3.18. The van der Waals surface area contributed by atoms with Gasteiger partial charge in [-0.2, -0.15) is 4.99 Å². The van der Waals surface area contributed by atoms with Crippen LogP contribution in [0.3, 0.4) is 0 Å². The van der Waals surface area contributed by atoms with E-state index in [0.29, 0.717) is 31.5 Å². The van der Waals surface area contributed by atoms with Gasteiger partial charge in [-0.3, -0.25) is 14.5 Å². The maximum atomic E-state index is 12.5. The largest absolute Gasteiger partial charge is 0.361 e. The Hall–Kier alpha value is -3.48. The SMILES string of the molecule is O=C(CCCCCN1C(=O)N=C2C=CC=CC2C1=O)Nc1ccc2cc[nH]c2c1. The molecule has 0 bridgehead atoms. The molecule has 0 saturated carbocycles. The fourth-order valence-electron chi connectivity index (χ4n) is 3.57. The zero-order valence-electron chi connectivity index (χ0n) is 15.9. The molecule has 4 rings (SSSR count). The van der Waals surface area contributed by atoms with Crippen LogP contribution in [-0.4, -0.2) is 40.0 Å². The first-order chi connectivity index (χ1) is 14.1. The van der Waals surface area contributed by atoms with Gasteiger partial charge < -0.3 is 10.3 Å². The highest BCUT2D eigenvalue weighted by atomic mass is 16.2. The second kappa shape index (κ2) is 8.26. The van der Waals surface area contributed by atoms with Crippen LogP contribution in [0.5, 0.6) is 0 Å². The molecule has 4 amide bonds. The van der Waals surface area contributed by atoms with Crippen molar-refractivity contribution >= 4 is 40.1 Å². The Bertz CT molecular complexity index is 1050. The third-order valence-corrected chi connectivity index (χ3v) is 5.11. The van der Waals surface area contributed by atoms with Gasteiger partial charge in [0.15, 0.2) is 0 Å². The molecular weight excluding hydrogens is 368 g/mol. The van der Waals surface area contributed by atoms with Crippen LogP contribution in [0.25, 0.3) is 10.9 Å². The van der Waals surface area contributed by atoms with E-state index in [1.807, 2.05) is 30.5 Å². The van der Waals surface area contributed by atoms with E-state index in [4.69, 9.17) is 0 Å². The predicted molar refractivity (Wildman–Crippen MR) is 112 cm³/mol. The number of nitrogens with zero attached hydrogens (tertiary/aromatic N) is 2. The second-order valence-electron chi connectivity index (χ2n) is 7.17. The van der Waals surface area contributed by atoms with Gasteiger partial charge >= 0.3 is 6.03 Å². The molecule has 1 atom stereocenters. The summed E-state index contributed by atoms with van der Waals surface area (Å²) in [4.78, 5) is 45.1. The molecule has 0 fully saturated rings. The zero-order chi connectivity index (χ0) is 20.2. The summed E-state index contributed by atoms with van der Waals surface area (Å²) in [5.74, 6) is -0.729. The quantitative estimate of drug-likeness (QED) is 0.704. The highest BCUT2D eigenvalue weighted by Gasteiger charge is 2.35. The van der Waals surface area contributed by atoms with Crippen molar-refractivity contribution in [3.8, 4) is 0 Å². The lowest BCUT2D eigenvalue weighted by molar-refractivity contribution is -0.129. The lowest BCUT2D eigenvalue weighted by Gasteiger charge is -2.28. The monoisotopic (exact) mass is 390 g/mol. The Balaban J connectivity index is 1.20. The fraction of sp³-hybridized carbons (Fsp3) is 0.273. The zero-order valence-corrected chi connectivity index (χ0v) is 15.9. The summed E-state index contributed by atoms with van der Waals surface area (Å²) in [5.41, 5.74) is 2.25. The smallest absolute Gasteiger partial charge is 0.350 e. The van der Waals surface area contributed by atoms with Gasteiger partial charge in [-0.15, -0.1) is 0 Å². The van der Waals surface area contributed by atoms with Crippen molar-refractivity contribution in [2.24, 2.45) is 10.9 Å². The molecule has 1 aliphatic heterocycles. The number of carbonyl (C=O) groups is 3. The Morgan fingerprint density at radius 1 is 1.14 bits per heavy atom. The number of hydrogen-bond donors (Lipinski definition) is 2. The van der Waals surface area contributed by atoms with Crippen LogP contribution in [0.4, 0.5) is 10.5 Å². The van der Waals surface area contributed by atoms with Crippen LogP contribution in [0.1, 0.15) is 25.7 Å². The van der Waals surface area contributed by atoms with E-state index in [9.17, 15) is 14.4 Å². The number of rotatable bonds is 7. The number of carbonyl (C=O) groups excluding carboxylic acids is 3. The topological polar surface area (TPSA) is 94.6 Å². The van der Waals surface area contributed by atoms with Crippen LogP contribution in [0, 0.1) is 5.92 Å². The van der Waals surface area contributed by atoms with Gasteiger partial charge in [0.05, 0.1) is 11.6 Å². The molecule has 1 aromatic heterocycles. The Kier molecular flexibility index (Phi) is 5.37. The third-order valence-electron chi connectivity index (χ3n) is 5.11. The Morgan fingerprint density at radius 2 is 2.03 bits per heavy atom. The van der Waals surface area contributed by atoms with E-state index in [1.54, 1.807) is 24.3 Å². The molecule has 1 unspecified atom stereocenters. The Morgan fingerprint density at radius 3 is 2.93 bits per heavy atom. The van der Waals surface area contributed by atoms with Crippen molar-refractivity contribution in [3.63, 3.8) is 0 Å². The van der Waals surface area contributed by atoms with E-state index in [0.717, 1.165) is 23.0 Å². The summed E-state index contributed by atoms with van der Waals surface area (Å²) in [7, 11) is 0. The van der Waals surface area contributed by atoms with Crippen molar-refractivity contribution in [2.75, 3.05) is 11.9 Å². The molecule has 1 aromatic carbocycles. The molecule has 7 nitrogen and oxygen atoms in total. The number of fused-ring (bicyclic) bond motifs is 2. The minimum absolute atomic E-state index is 0.0468. The van der Waals surface area contributed by atoms with Crippen molar-refractivity contribution in [2.45, 2.75) is 25.7 Å². The lowest BCUT2D eigenvalue weighted by atomic mass is 9.95. The lowest BCUT2D eigenvalue weighted by Crippen LogP contribution is -2.46. The molecule has 2 N–H and O–H groups in total. The number of aromatic nitrogens is 1. The molecule has 2 aromatic rings. The molecule has 29 heavy (non-hydrogen) atoms. The number of aromatic amines is 1. The molecular formula is C22H22N4O3. The van der Waals surface area contributed by atoms with E-state index in [1.165, 1.54) is 4.90 Å². The normalized spacial score (nSPS) is 18.1.